The number of pyridine rings is 1. The highest BCUT2D eigenvalue weighted by Crippen LogP contribution is 2.19. The van der Waals surface area contributed by atoms with E-state index in [1.54, 1.807) is 32.4 Å². The van der Waals surface area contributed by atoms with Crippen molar-refractivity contribution in [1.29, 1.82) is 0 Å². The van der Waals surface area contributed by atoms with Gasteiger partial charge in [-0.05, 0) is 36.2 Å². The van der Waals surface area contributed by atoms with Gasteiger partial charge in [0.15, 0.2) is 5.96 Å². The number of nitrogens with one attached hydrogen (secondary N) is 3. The highest BCUT2D eigenvalue weighted by atomic mass is 19.1. The van der Waals surface area contributed by atoms with E-state index in [0.29, 0.717) is 24.9 Å². The summed E-state index contributed by atoms with van der Waals surface area (Å²) in [6.07, 6.45) is 2.67. The molecule has 0 atom stereocenters. The molecular weight excluding hydrogens is 333 g/mol. The summed E-state index contributed by atoms with van der Waals surface area (Å²) in [6.45, 7) is 1.21. The molecule has 0 spiro atoms. The average molecular weight is 355 g/mol. The van der Waals surface area contributed by atoms with Gasteiger partial charge in [0.1, 0.15) is 5.82 Å². The van der Waals surface area contributed by atoms with E-state index in [-0.39, 0.29) is 5.82 Å². The van der Waals surface area contributed by atoms with E-state index in [1.165, 1.54) is 6.07 Å². The van der Waals surface area contributed by atoms with E-state index in [9.17, 15) is 4.39 Å². The zero-order valence-electron chi connectivity index (χ0n) is 14.8. The Labute approximate surface area is 151 Å². The second-order valence-corrected chi connectivity index (χ2v) is 5.78. The standard InChI is InChI=1S/C19H22FN5O/c1-21-19(24-12-15-4-3-5-18(25-15)26-2)22-9-8-13-11-23-17-7-6-14(20)10-16(13)17/h3-7,10-11,23H,8-9,12H2,1-2H3,(H2,21,22,24). The smallest absolute Gasteiger partial charge is 0.213 e. The van der Waals surface area contributed by atoms with Crippen molar-refractivity contribution in [3.63, 3.8) is 0 Å². The Balaban J connectivity index is 1.53. The maximum atomic E-state index is 13.4. The van der Waals surface area contributed by atoms with E-state index in [1.807, 2.05) is 18.3 Å². The van der Waals surface area contributed by atoms with Gasteiger partial charge in [0, 0.05) is 36.8 Å². The van der Waals surface area contributed by atoms with Crippen molar-refractivity contribution in [2.75, 3.05) is 20.7 Å². The fourth-order valence-electron chi connectivity index (χ4n) is 2.74. The lowest BCUT2D eigenvalue weighted by Crippen LogP contribution is -2.38. The summed E-state index contributed by atoms with van der Waals surface area (Å²) >= 11 is 0. The van der Waals surface area contributed by atoms with Crippen LogP contribution in [0.25, 0.3) is 10.9 Å². The van der Waals surface area contributed by atoms with Crippen LogP contribution in [0.3, 0.4) is 0 Å². The molecule has 2 heterocycles. The quantitative estimate of drug-likeness (QED) is 0.469. The molecule has 136 valence electrons. The number of guanidine groups is 1. The maximum Gasteiger partial charge on any atom is 0.213 e. The lowest BCUT2D eigenvalue weighted by atomic mass is 10.1. The molecule has 6 nitrogen and oxygen atoms in total. The molecule has 2 aromatic heterocycles. The van der Waals surface area contributed by atoms with E-state index in [4.69, 9.17) is 4.74 Å². The highest BCUT2D eigenvalue weighted by Gasteiger charge is 2.06. The number of nitrogens with zero attached hydrogens (tertiary/aromatic N) is 2. The van der Waals surface area contributed by atoms with Crippen LogP contribution in [0.1, 0.15) is 11.3 Å². The Morgan fingerprint density at radius 1 is 1.27 bits per heavy atom. The molecule has 0 saturated heterocycles. The first-order valence-corrected chi connectivity index (χ1v) is 8.39. The summed E-state index contributed by atoms with van der Waals surface area (Å²) in [7, 11) is 3.31. The van der Waals surface area contributed by atoms with Crippen molar-refractivity contribution in [3.05, 3.63) is 59.7 Å². The summed E-state index contributed by atoms with van der Waals surface area (Å²) in [4.78, 5) is 11.7. The Bertz CT molecular complexity index is 906. The van der Waals surface area contributed by atoms with Crippen molar-refractivity contribution >= 4 is 16.9 Å². The predicted molar refractivity (Wildman–Crippen MR) is 101 cm³/mol. The van der Waals surface area contributed by atoms with Gasteiger partial charge in [-0.3, -0.25) is 4.99 Å². The van der Waals surface area contributed by atoms with E-state index in [2.05, 4.69) is 25.6 Å². The van der Waals surface area contributed by atoms with Crippen molar-refractivity contribution in [2.24, 2.45) is 4.99 Å². The number of fused-ring (bicyclic) bond motifs is 1. The Morgan fingerprint density at radius 2 is 2.15 bits per heavy atom. The third-order valence-electron chi connectivity index (χ3n) is 4.07. The van der Waals surface area contributed by atoms with Crippen molar-refractivity contribution in [2.45, 2.75) is 13.0 Å². The number of aromatic amines is 1. The molecule has 0 aliphatic carbocycles. The van der Waals surface area contributed by atoms with Crippen molar-refractivity contribution in [1.82, 2.24) is 20.6 Å². The fourth-order valence-corrected chi connectivity index (χ4v) is 2.74. The van der Waals surface area contributed by atoms with Crippen LogP contribution in [0.4, 0.5) is 4.39 Å². The number of aliphatic imine (C=N–C) groups is 1. The summed E-state index contributed by atoms with van der Waals surface area (Å²) in [5.74, 6) is 1.04. The first kappa shape index (κ1) is 17.7. The van der Waals surface area contributed by atoms with Gasteiger partial charge in [0.2, 0.25) is 5.88 Å². The second kappa shape index (κ2) is 8.33. The number of hydrogen-bond donors (Lipinski definition) is 3. The molecule has 3 aromatic rings. The molecule has 0 bridgehead atoms. The van der Waals surface area contributed by atoms with Crippen LogP contribution in [0, 0.1) is 5.82 Å². The lowest BCUT2D eigenvalue weighted by Gasteiger charge is -2.12. The first-order valence-electron chi connectivity index (χ1n) is 8.39. The molecule has 0 amide bonds. The number of halogens is 1. The van der Waals surface area contributed by atoms with E-state index < -0.39 is 0 Å². The Kier molecular flexibility index (Phi) is 5.68. The molecule has 0 aliphatic heterocycles. The normalized spacial score (nSPS) is 11.6. The SMILES string of the molecule is CN=C(NCCc1c[nH]c2ccc(F)cc12)NCc1cccc(OC)n1. The monoisotopic (exact) mass is 355 g/mol. The van der Waals surface area contributed by atoms with E-state index >= 15 is 0 Å². The molecule has 0 fully saturated rings. The van der Waals surface area contributed by atoms with Crippen LogP contribution >= 0.6 is 0 Å². The number of hydrogen-bond acceptors (Lipinski definition) is 3. The Morgan fingerprint density at radius 3 is 2.96 bits per heavy atom. The number of ether oxygens (including phenoxy) is 1. The van der Waals surface area contributed by atoms with Gasteiger partial charge in [0.05, 0.1) is 19.3 Å². The molecule has 0 aliphatic rings. The number of aromatic nitrogens is 2. The largest absolute Gasteiger partial charge is 0.481 e. The summed E-state index contributed by atoms with van der Waals surface area (Å²) < 4.78 is 18.6. The van der Waals surface area contributed by atoms with Gasteiger partial charge in [0.25, 0.3) is 0 Å². The Hall–Kier alpha value is -3.09. The first-order chi connectivity index (χ1) is 12.7. The zero-order chi connectivity index (χ0) is 18.4. The highest BCUT2D eigenvalue weighted by molar-refractivity contribution is 5.83. The zero-order valence-corrected chi connectivity index (χ0v) is 14.8. The van der Waals surface area contributed by atoms with Gasteiger partial charge in [-0.1, -0.05) is 6.07 Å². The fraction of sp³-hybridized carbons (Fsp3) is 0.263. The molecule has 0 radical (unpaired) electrons. The van der Waals surface area contributed by atoms with E-state index in [0.717, 1.165) is 28.6 Å². The topological polar surface area (TPSA) is 74.3 Å². The van der Waals surface area contributed by atoms with Crippen LogP contribution in [0.2, 0.25) is 0 Å². The molecule has 1 aromatic carbocycles. The summed E-state index contributed by atoms with van der Waals surface area (Å²) in [6, 6.07) is 10.4. The summed E-state index contributed by atoms with van der Waals surface area (Å²) in [5.41, 5.74) is 2.87. The molecule has 7 heteroatoms. The number of H-pyrrole nitrogens is 1. The number of methoxy groups -OCH3 is 1. The van der Waals surface area contributed by atoms with Crippen LogP contribution in [0.5, 0.6) is 5.88 Å². The van der Waals surface area contributed by atoms with Crippen LogP contribution in [-0.2, 0) is 13.0 Å². The number of rotatable bonds is 6. The molecule has 3 rings (SSSR count). The van der Waals surface area contributed by atoms with Crippen molar-refractivity contribution in [3.8, 4) is 5.88 Å². The lowest BCUT2D eigenvalue weighted by molar-refractivity contribution is 0.396. The van der Waals surface area contributed by atoms with Gasteiger partial charge in [-0.15, -0.1) is 0 Å². The van der Waals surface area contributed by atoms with Crippen LogP contribution in [-0.4, -0.2) is 36.6 Å². The third-order valence-corrected chi connectivity index (χ3v) is 4.07. The molecule has 0 saturated carbocycles. The molecule has 26 heavy (non-hydrogen) atoms. The average Bonchev–Trinajstić information content (AvgIpc) is 3.06. The molecule has 0 unspecified atom stereocenters. The minimum Gasteiger partial charge on any atom is -0.481 e. The predicted octanol–water partition coefficient (Wildman–Crippen LogP) is 2.62. The van der Waals surface area contributed by atoms with Gasteiger partial charge >= 0.3 is 0 Å². The van der Waals surface area contributed by atoms with Gasteiger partial charge in [-0.2, -0.15) is 0 Å². The minimum absolute atomic E-state index is 0.227. The van der Waals surface area contributed by atoms with Crippen LogP contribution < -0.4 is 15.4 Å². The number of benzene rings is 1. The van der Waals surface area contributed by atoms with Crippen molar-refractivity contribution < 1.29 is 9.13 Å². The molecule has 3 N–H and O–H groups in total. The van der Waals surface area contributed by atoms with Gasteiger partial charge in [-0.25, -0.2) is 9.37 Å². The van der Waals surface area contributed by atoms with Gasteiger partial charge < -0.3 is 20.4 Å². The maximum absolute atomic E-state index is 13.4. The molecular formula is C19H22FN5O. The summed E-state index contributed by atoms with van der Waals surface area (Å²) in [5, 5.41) is 7.39. The minimum atomic E-state index is -0.227. The third kappa shape index (κ3) is 4.30. The second-order valence-electron chi connectivity index (χ2n) is 5.78. The van der Waals surface area contributed by atoms with Crippen LogP contribution in [0.15, 0.2) is 47.6 Å².